The summed E-state index contributed by atoms with van der Waals surface area (Å²) in [6.45, 7) is 10.0. The molecule has 2 aromatic rings. The van der Waals surface area contributed by atoms with Crippen molar-refractivity contribution in [3.05, 3.63) is 71.3 Å². The molecule has 0 atom stereocenters. The summed E-state index contributed by atoms with van der Waals surface area (Å²) in [5.74, 6) is 0.311. The number of carbonyl (C=O) groups is 2. The standard InChI is InChI=1S/C25H33N3O2/c1-20(2)28(18-23-7-5-4-6-8-23)25(30)19-26-13-15-27(16-14-26)24(29)17-22-11-9-21(3)10-12-22/h4-12,20H,13-19H2,1-3H3. The number of carbonyl (C=O) groups excluding carboxylic acids is 2. The van der Waals surface area contributed by atoms with Gasteiger partial charge in [0.15, 0.2) is 0 Å². The molecule has 5 nitrogen and oxygen atoms in total. The highest BCUT2D eigenvalue weighted by molar-refractivity contribution is 5.79. The molecule has 30 heavy (non-hydrogen) atoms. The van der Waals surface area contributed by atoms with Crippen molar-refractivity contribution in [2.75, 3.05) is 32.7 Å². The van der Waals surface area contributed by atoms with Crippen LogP contribution >= 0.6 is 0 Å². The molecule has 0 radical (unpaired) electrons. The molecule has 3 rings (SSSR count). The Labute approximate surface area is 180 Å². The first-order chi connectivity index (χ1) is 14.4. The number of amides is 2. The fourth-order valence-electron chi connectivity index (χ4n) is 3.77. The van der Waals surface area contributed by atoms with Crippen LogP contribution in [0.3, 0.4) is 0 Å². The van der Waals surface area contributed by atoms with Gasteiger partial charge in [-0.3, -0.25) is 14.5 Å². The van der Waals surface area contributed by atoms with Gasteiger partial charge in [-0.1, -0.05) is 60.2 Å². The Balaban J connectivity index is 1.48. The van der Waals surface area contributed by atoms with Gasteiger partial charge in [0.05, 0.1) is 13.0 Å². The second kappa shape index (κ2) is 10.4. The highest BCUT2D eigenvalue weighted by atomic mass is 16.2. The van der Waals surface area contributed by atoms with Crippen molar-refractivity contribution in [2.45, 2.75) is 39.8 Å². The van der Waals surface area contributed by atoms with Gasteiger partial charge in [0.2, 0.25) is 11.8 Å². The second-order valence-corrected chi connectivity index (χ2v) is 8.42. The largest absolute Gasteiger partial charge is 0.340 e. The van der Waals surface area contributed by atoms with E-state index in [2.05, 4.69) is 30.9 Å². The van der Waals surface area contributed by atoms with E-state index in [-0.39, 0.29) is 17.9 Å². The summed E-state index contributed by atoms with van der Waals surface area (Å²) in [6, 6.07) is 18.4. The maximum atomic E-state index is 12.9. The van der Waals surface area contributed by atoms with Gasteiger partial charge in [0.25, 0.3) is 0 Å². The van der Waals surface area contributed by atoms with Crippen LogP contribution < -0.4 is 0 Å². The zero-order chi connectivity index (χ0) is 21.5. The molecule has 1 heterocycles. The fraction of sp³-hybridized carbons (Fsp3) is 0.440. The third kappa shape index (κ3) is 6.17. The van der Waals surface area contributed by atoms with Gasteiger partial charge in [-0.05, 0) is 31.9 Å². The van der Waals surface area contributed by atoms with E-state index in [1.165, 1.54) is 5.56 Å². The highest BCUT2D eigenvalue weighted by Gasteiger charge is 2.25. The maximum Gasteiger partial charge on any atom is 0.237 e. The normalized spacial score (nSPS) is 14.7. The minimum absolute atomic E-state index is 0.147. The fourth-order valence-corrected chi connectivity index (χ4v) is 3.77. The van der Waals surface area contributed by atoms with E-state index in [1.54, 1.807) is 0 Å². The smallest absolute Gasteiger partial charge is 0.237 e. The van der Waals surface area contributed by atoms with Crippen LogP contribution in [0.1, 0.15) is 30.5 Å². The number of aryl methyl sites for hydroxylation is 1. The van der Waals surface area contributed by atoms with E-state index in [1.807, 2.05) is 59.2 Å². The number of rotatable bonds is 7. The zero-order valence-corrected chi connectivity index (χ0v) is 18.4. The lowest BCUT2D eigenvalue weighted by molar-refractivity contribution is -0.136. The van der Waals surface area contributed by atoms with E-state index in [0.717, 1.165) is 24.2 Å². The third-order valence-corrected chi connectivity index (χ3v) is 5.70. The molecule has 0 spiro atoms. The van der Waals surface area contributed by atoms with Crippen LogP contribution in [0.25, 0.3) is 0 Å². The number of hydrogen-bond acceptors (Lipinski definition) is 3. The summed E-state index contributed by atoms with van der Waals surface area (Å²) in [4.78, 5) is 31.6. The van der Waals surface area contributed by atoms with Crippen molar-refractivity contribution >= 4 is 11.8 Å². The topological polar surface area (TPSA) is 43.9 Å². The molecule has 0 aliphatic carbocycles. The second-order valence-electron chi connectivity index (χ2n) is 8.42. The first-order valence-corrected chi connectivity index (χ1v) is 10.8. The SMILES string of the molecule is Cc1ccc(CC(=O)N2CCN(CC(=O)N(Cc3ccccc3)C(C)C)CC2)cc1. The van der Waals surface area contributed by atoms with Gasteiger partial charge < -0.3 is 9.80 Å². The van der Waals surface area contributed by atoms with E-state index in [4.69, 9.17) is 0 Å². The highest BCUT2D eigenvalue weighted by Crippen LogP contribution is 2.12. The molecule has 0 unspecified atom stereocenters. The molecule has 0 bridgehead atoms. The van der Waals surface area contributed by atoms with Gasteiger partial charge in [0, 0.05) is 38.8 Å². The van der Waals surface area contributed by atoms with E-state index in [9.17, 15) is 9.59 Å². The number of nitrogens with zero attached hydrogens (tertiary/aromatic N) is 3. The zero-order valence-electron chi connectivity index (χ0n) is 18.4. The molecule has 1 fully saturated rings. The molecule has 1 aliphatic rings. The Kier molecular flexibility index (Phi) is 7.63. The van der Waals surface area contributed by atoms with Crippen molar-refractivity contribution in [2.24, 2.45) is 0 Å². The lowest BCUT2D eigenvalue weighted by atomic mass is 10.1. The van der Waals surface area contributed by atoms with Gasteiger partial charge >= 0.3 is 0 Å². The molecule has 2 amide bonds. The predicted molar refractivity (Wildman–Crippen MR) is 120 cm³/mol. The third-order valence-electron chi connectivity index (χ3n) is 5.70. The van der Waals surface area contributed by atoms with Crippen LogP contribution in [0.4, 0.5) is 0 Å². The van der Waals surface area contributed by atoms with Crippen molar-refractivity contribution in [1.82, 2.24) is 14.7 Å². The van der Waals surface area contributed by atoms with Crippen molar-refractivity contribution in [3.63, 3.8) is 0 Å². The lowest BCUT2D eigenvalue weighted by Crippen LogP contribution is -2.52. The molecule has 1 saturated heterocycles. The average Bonchev–Trinajstić information content (AvgIpc) is 2.74. The summed E-state index contributed by atoms with van der Waals surface area (Å²) in [5.41, 5.74) is 3.40. The molecule has 1 aliphatic heterocycles. The Hall–Kier alpha value is -2.66. The van der Waals surface area contributed by atoms with Gasteiger partial charge in [-0.25, -0.2) is 0 Å². The van der Waals surface area contributed by atoms with Crippen LogP contribution in [0, 0.1) is 6.92 Å². The number of hydrogen-bond donors (Lipinski definition) is 0. The Morgan fingerprint density at radius 2 is 1.53 bits per heavy atom. The predicted octanol–water partition coefficient (Wildman–Crippen LogP) is 3.12. The molecule has 5 heteroatoms. The molecular weight excluding hydrogens is 374 g/mol. The molecular formula is C25H33N3O2. The number of piperazine rings is 1. The Bertz CT molecular complexity index is 825. The average molecular weight is 408 g/mol. The van der Waals surface area contributed by atoms with E-state index >= 15 is 0 Å². The maximum absolute atomic E-state index is 12.9. The van der Waals surface area contributed by atoms with Gasteiger partial charge in [0.1, 0.15) is 0 Å². The first-order valence-electron chi connectivity index (χ1n) is 10.8. The molecule has 0 N–H and O–H groups in total. The quantitative estimate of drug-likeness (QED) is 0.708. The summed E-state index contributed by atoms with van der Waals surface area (Å²) in [5, 5.41) is 0. The summed E-state index contributed by atoms with van der Waals surface area (Å²) >= 11 is 0. The Morgan fingerprint density at radius 1 is 0.900 bits per heavy atom. The summed E-state index contributed by atoms with van der Waals surface area (Å²) in [6.07, 6.45) is 0.442. The van der Waals surface area contributed by atoms with Crippen LogP contribution in [0.15, 0.2) is 54.6 Å². The Morgan fingerprint density at radius 3 is 2.13 bits per heavy atom. The van der Waals surface area contributed by atoms with Crippen LogP contribution in [0.2, 0.25) is 0 Å². The van der Waals surface area contributed by atoms with Crippen molar-refractivity contribution < 1.29 is 9.59 Å². The van der Waals surface area contributed by atoms with Crippen LogP contribution in [-0.2, 0) is 22.6 Å². The van der Waals surface area contributed by atoms with Gasteiger partial charge in [-0.15, -0.1) is 0 Å². The lowest BCUT2D eigenvalue weighted by Gasteiger charge is -2.36. The molecule has 160 valence electrons. The van der Waals surface area contributed by atoms with Crippen molar-refractivity contribution in [3.8, 4) is 0 Å². The van der Waals surface area contributed by atoms with Crippen LogP contribution in [-0.4, -0.2) is 65.3 Å². The molecule has 2 aromatic carbocycles. The monoisotopic (exact) mass is 407 g/mol. The minimum atomic E-state index is 0.147. The minimum Gasteiger partial charge on any atom is -0.340 e. The molecule has 0 aromatic heterocycles. The summed E-state index contributed by atoms with van der Waals surface area (Å²) < 4.78 is 0. The van der Waals surface area contributed by atoms with Crippen molar-refractivity contribution in [1.29, 1.82) is 0 Å². The summed E-state index contributed by atoms with van der Waals surface area (Å²) in [7, 11) is 0. The number of benzene rings is 2. The first kappa shape index (κ1) is 22.0. The van der Waals surface area contributed by atoms with E-state index in [0.29, 0.717) is 32.6 Å². The van der Waals surface area contributed by atoms with Crippen LogP contribution in [0.5, 0.6) is 0 Å². The molecule has 0 saturated carbocycles. The van der Waals surface area contributed by atoms with E-state index < -0.39 is 0 Å². The van der Waals surface area contributed by atoms with Gasteiger partial charge in [-0.2, -0.15) is 0 Å².